The molecular weight excluding hydrogens is 310 g/mol. The van der Waals surface area contributed by atoms with Gasteiger partial charge in [0, 0.05) is 4.47 Å². The van der Waals surface area contributed by atoms with E-state index in [9.17, 15) is 0 Å². The van der Waals surface area contributed by atoms with Crippen LogP contribution in [0.4, 0.5) is 0 Å². The summed E-state index contributed by atoms with van der Waals surface area (Å²) < 4.78 is 1.13. The van der Waals surface area contributed by atoms with Gasteiger partial charge in [-0.25, -0.2) is 0 Å². The van der Waals surface area contributed by atoms with Crippen LogP contribution >= 0.6 is 15.9 Å². The second kappa shape index (κ2) is 6.55. The Kier molecular flexibility index (Phi) is 5.00. The summed E-state index contributed by atoms with van der Waals surface area (Å²) in [6, 6.07) is 13.5. The van der Waals surface area contributed by atoms with Crippen molar-refractivity contribution in [2.75, 3.05) is 6.54 Å². The summed E-state index contributed by atoms with van der Waals surface area (Å²) in [6.45, 7) is 9.62. The molecule has 1 nitrogen and oxygen atoms in total. The van der Waals surface area contributed by atoms with Crippen LogP contribution < -0.4 is 5.32 Å². The molecule has 1 unspecified atom stereocenters. The second-order valence-corrected chi connectivity index (χ2v) is 6.27. The van der Waals surface area contributed by atoms with Crippen LogP contribution in [0.5, 0.6) is 0 Å². The fourth-order valence-corrected chi connectivity index (χ4v) is 3.18. The van der Waals surface area contributed by atoms with Gasteiger partial charge in [-0.1, -0.05) is 52.7 Å². The Labute approximate surface area is 130 Å². The van der Waals surface area contributed by atoms with Crippen molar-refractivity contribution in [3.05, 3.63) is 68.7 Å². The van der Waals surface area contributed by atoms with Crippen molar-refractivity contribution in [3.8, 4) is 0 Å². The highest BCUT2D eigenvalue weighted by atomic mass is 79.9. The summed E-state index contributed by atoms with van der Waals surface area (Å²) in [6.07, 6.45) is 0. The van der Waals surface area contributed by atoms with Crippen molar-refractivity contribution in [3.63, 3.8) is 0 Å². The van der Waals surface area contributed by atoms with E-state index in [4.69, 9.17) is 0 Å². The van der Waals surface area contributed by atoms with Crippen molar-refractivity contribution in [1.29, 1.82) is 0 Å². The molecule has 106 valence electrons. The molecule has 0 aromatic heterocycles. The zero-order valence-corrected chi connectivity index (χ0v) is 14.2. The molecule has 20 heavy (non-hydrogen) atoms. The van der Waals surface area contributed by atoms with Gasteiger partial charge in [0.25, 0.3) is 0 Å². The highest BCUT2D eigenvalue weighted by Gasteiger charge is 2.17. The largest absolute Gasteiger partial charge is 0.307 e. The molecule has 1 atom stereocenters. The van der Waals surface area contributed by atoms with Crippen LogP contribution in [0.15, 0.2) is 40.9 Å². The van der Waals surface area contributed by atoms with Gasteiger partial charge in [-0.05, 0) is 61.7 Å². The summed E-state index contributed by atoms with van der Waals surface area (Å²) in [5.41, 5.74) is 6.68. The summed E-state index contributed by atoms with van der Waals surface area (Å²) >= 11 is 3.54. The van der Waals surface area contributed by atoms with Gasteiger partial charge >= 0.3 is 0 Å². The number of nitrogens with one attached hydrogen (secondary N) is 1. The summed E-state index contributed by atoms with van der Waals surface area (Å²) in [7, 11) is 0. The molecule has 0 radical (unpaired) electrons. The molecule has 0 heterocycles. The van der Waals surface area contributed by atoms with Gasteiger partial charge < -0.3 is 5.32 Å². The monoisotopic (exact) mass is 331 g/mol. The molecule has 2 aromatic rings. The molecule has 0 bridgehead atoms. The Morgan fingerprint density at radius 2 is 1.55 bits per heavy atom. The third-order valence-corrected chi connectivity index (χ3v) is 4.18. The number of hydrogen-bond acceptors (Lipinski definition) is 1. The van der Waals surface area contributed by atoms with Crippen molar-refractivity contribution < 1.29 is 0 Å². The van der Waals surface area contributed by atoms with Gasteiger partial charge in [-0.3, -0.25) is 0 Å². The molecule has 0 amide bonds. The lowest BCUT2D eigenvalue weighted by atomic mass is 9.91. The predicted octanol–water partition coefficient (Wildman–Crippen LogP) is 5.07. The smallest absolute Gasteiger partial charge is 0.0581 e. The molecule has 0 aliphatic heterocycles. The van der Waals surface area contributed by atoms with Crippen LogP contribution in [0.3, 0.4) is 0 Å². The normalized spacial score (nSPS) is 12.4. The van der Waals surface area contributed by atoms with Gasteiger partial charge in [-0.2, -0.15) is 0 Å². The fraction of sp³-hybridized carbons (Fsp3) is 0.333. The van der Waals surface area contributed by atoms with Gasteiger partial charge in [0.1, 0.15) is 0 Å². The van der Waals surface area contributed by atoms with Gasteiger partial charge in [0.2, 0.25) is 0 Å². The first-order valence-corrected chi connectivity index (χ1v) is 7.88. The third-order valence-electron chi connectivity index (χ3n) is 3.69. The Morgan fingerprint density at radius 1 is 0.950 bits per heavy atom. The van der Waals surface area contributed by atoms with Crippen LogP contribution in [-0.2, 0) is 0 Å². The maximum atomic E-state index is 3.62. The standard InChI is InChI=1S/C18H22BrN/c1-5-20-18(16-8-6-12(2)10-13(16)3)17-9-7-15(19)11-14(17)4/h6-11,18,20H,5H2,1-4H3. The summed E-state index contributed by atoms with van der Waals surface area (Å²) in [4.78, 5) is 0. The number of halogens is 1. The molecule has 0 aliphatic rings. The summed E-state index contributed by atoms with van der Waals surface area (Å²) in [5.74, 6) is 0. The lowest BCUT2D eigenvalue weighted by Crippen LogP contribution is -2.23. The van der Waals surface area contributed by atoms with Crippen LogP contribution in [0.25, 0.3) is 0 Å². The maximum absolute atomic E-state index is 3.62. The van der Waals surface area contributed by atoms with Crippen LogP contribution in [0, 0.1) is 20.8 Å². The van der Waals surface area contributed by atoms with Crippen LogP contribution in [0.2, 0.25) is 0 Å². The van der Waals surface area contributed by atoms with Crippen molar-refractivity contribution in [1.82, 2.24) is 5.32 Å². The molecule has 2 aromatic carbocycles. The molecular formula is C18H22BrN. The van der Waals surface area contributed by atoms with Gasteiger partial charge in [-0.15, -0.1) is 0 Å². The predicted molar refractivity (Wildman–Crippen MR) is 90.3 cm³/mol. The maximum Gasteiger partial charge on any atom is 0.0581 e. The highest BCUT2D eigenvalue weighted by molar-refractivity contribution is 9.10. The van der Waals surface area contributed by atoms with Gasteiger partial charge in [0.15, 0.2) is 0 Å². The zero-order valence-electron chi connectivity index (χ0n) is 12.6. The van der Waals surface area contributed by atoms with E-state index in [1.54, 1.807) is 0 Å². The lowest BCUT2D eigenvalue weighted by Gasteiger charge is -2.23. The number of benzene rings is 2. The molecule has 2 rings (SSSR count). The summed E-state index contributed by atoms with van der Waals surface area (Å²) in [5, 5.41) is 3.62. The SMILES string of the molecule is CCNC(c1ccc(C)cc1C)c1ccc(Br)cc1C. The Morgan fingerprint density at radius 3 is 2.10 bits per heavy atom. The minimum absolute atomic E-state index is 0.258. The van der Waals surface area contributed by atoms with Crippen molar-refractivity contribution in [2.45, 2.75) is 33.7 Å². The third kappa shape index (κ3) is 3.31. The average molecular weight is 332 g/mol. The van der Waals surface area contributed by atoms with Crippen LogP contribution in [-0.4, -0.2) is 6.54 Å². The molecule has 1 N–H and O–H groups in total. The van der Waals surface area contributed by atoms with E-state index >= 15 is 0 Å². The molecule has 0 fully saturated rings. The minimum atomic E-state index is 0.258. The number of rotatable bonds is 4. The minimum Gasteiger partial charge on any atom is -0.307 e. The zero-order chi connectivity index (χ0) is 14.7. The van der Waals surface area contributed by atoms with E-state index < -0.39 is 0 Å². The first-order chi connectivity index (χ1) is 9.52. The number of hydrogen-bond donors (Lipinski definition) is 1. The topological polar surface area (TPSA) is 12.0 Å². The first kappa shape index (κ1) is 15.3. The quantitative estimate of drug-likeness (QED) is 0.824. The van der Waals surface area contributed by atoms with Gasteiger partial charge in [0.05, 0.1) is 6.04 Å². The van der Waals surface area contributed by atoms with E-state index in [-0.39, 0.29) is 6.04 Å². The molecule has 0 spiro atoms. The van der Waals surface area contributed by atoms with E-state index in [0.29, 0.717) is 0 Å². The van der Waals surface area contributed by atoms with Crippen molar-refractivity contribution in [2.24, 2.45) is 0 Å². The van der Waals surface area contributed by atoms with E-state index in [1.165, 1.54) is 27.8 Å². The highest BCUT2D eigenvalue weighted by Crippen LogP contribution is 2.29. The van der Waals surface area contributed by atoms with Crippen LogP contribution in [0.1, 0.15) is 40.8 Å². The fourth-order valence-electron chi connectivity index (χ4n) is 2.70. The Hall–Kier alpha value is -1.12. The molecule has 0 aliphatic carbocycles. The van der Waals surface area contributed by atoms with E-state index in [2.05, 4.69) is 85.3 Å². The Bertz CT molecular complexity index is 553. The first-order valence-electron chi connectivity index (χ1n) is 7.09. The second-order valence-electron chi connectivity index (χ2n) is 5.35. The number of aryl methyl sites for hydroxylation is 3. The molecule has 2 heteroatoms. The lowest BCUT2D eigenvalue weighted by molar-refractivity contribution is 0.624. The average Bonchev–Trinajstić information content (AvgIpc) is 2.37. The Balaban J connectivity index is 2.50. The molecule has 0 saturated heterocycles. The molecule has 0 saturated carbocycles. The van der Waals surface area contributed by atoms with Crippen molar-refractivity contribution >= 4 is 15.9 Å². The van der Waals surface area contributed by atoms with E-state index in [0.717, 1.165) is 11.0 Å². The van der Waals surface area contributed by atoms with E-state index in [1.807, 2.05) is 0 Å².